The van der Waals surface area contributed by atoms with Crippen LogP contribution in [-0.4, -0.2) is 22.5 Å². The molecule has 2 fully saturated rings. The number of rotatable bonds is 3. The molecule has 3 N–H and O–H groups in total. The average Bonchev–Trinajstić information content (AvgIpc) is 2.53. The highest BCUT2D eigenvalue weighted by Gasteiger charge is 2.34. The van der Waals surface area contributed by atoms with E-state index >= 15 is 0 Å². The van der Waals surface area contributed by atoms with E-state index in [1.807, 2.05) is 0 Å². The second-order valence-corrected chi connectivity index (χ2v) is 5.92. The largest absolute Gasteiger partial charge is 0.353 e. The molecule has 1 saturated carbocycles. The van der Waals surface area contributed by atoms with Crippen molar-refractivity contribution in [3.05, 3.63) is 22.2 Å². The van der Waals surface area contributed by atoms with Crippen molar-refractivity contribution in [2.75, 3.05) is 16.9 Å². The fourth-order valence-electron chi connectivity index (χ4n) is 3.74. The number of aromatic nitrogens is 1. The van der Waals surface area contributed by atoms with Crippen molar-refractivity contribution >= 4 is 17.3 Å². The zero-order chi connectivity index (χ0) is 14.8. The number of piperidine rings is 1. The molecule has 1 aliphatic heterocycles. The quantitative estimate of drug-likeness (QED) is 0.504. The number of nitro groups is 1. The lowest BCUT2D eigenvalue weighted by Crippen LogP contribution is -2.47. The van der Waals surface area contributed by atoms with E-state index in [0.29, 0.717) is 23.6 Å². The predicted molar refractivity (Wildman–Crippen MR) is 81.0 cm³/mol. The molecule has 2 heterocycles. The minimum Gasteiger partial charge on any atom is -0.353 e. The van der Waals surface area contributed by atoms with Crippen LogP contribution in [0.25, 0.3) is 0 Å². The summed E-state index contributed by atoms with van der Waals surface area (Å²) in [7, 11) is 0. The van der Waals surface area contributed by atoms with Gasteiger partial charge < -0.3 is 10.3 Å². The highest BCUT2D eigenvalue weighted by Crippen LogP contribution is 2.38. The van der Waals surface area contributed by atoms with Crippen LogP contribution < -0.4 is 16.2 Å². The molecule has 0 spiro atoms. The molecule has 1 aliphatic carbocycles. The maximum absolute atomic E-state index is 11.1. The van der Waals surface area contributed by atoms with E-state index in [9.17, 15) is 10.1 Å². The second-order valence-electron chi connectivity index (χ2n) is 5.92. The summed E-state index contributed by atoms with van der Waals surface area (Å²) >= 11 is 0. The monoisotopic (exact) mass is 291 g/mol. The molecule has 3 rings (SSSR count). The van der Waals surface area contributed by atoms with E-state index in [4.69, 9.17) is 5.84 Å². The number of hydrazine groups is 1. The Morgan fingerprint density at radius 2 is 2.05 bits per heavy atom. The summed E-state index contributed by atoms with van der Waals surface area (Å²) in [6.07, 6.45) is 7.33. The van der Waals surface area contributed by atoms with E-state index in [-0.39, 0.29) is 5.69 Å². The lowest BCUT2D eigenvalue weighted by Gasteiger charge is -2.44. The van der Waals surface area contributed by atoms with Crippen molar-refractivity contribution in [2.24, 2.45) is 11.8 Å². The Bertz CT molecular complexity index is 534. The molecule has 1 aromatic heterocycles. The van der Waals surface area contributed by atoms with Crippen molar-refractivity contribution in [1.29, 1.82) is 0 Å². The fraction of sp³-hybridized carbons (Fsp3) is 0.643. The number of pyridine rings is 1. The highest BCUT2D eigenvalue weighted by atomic mass is 16.6. The van der Waals surface area contributed by atoms with Gasteiger partial charge in [-0.2, -0.15) is 0 Å². The first-order valence-electron chi connectivity index (χ1n) is 7.59. The molecule has 1 aromatic rings. The molecule has 0 bridgehead atoms. The van der Waals surface area contributed by atoms with Gasteiger partial charge in [0, 0.05) is 12.6 Å². The van der Waals surface area contributed by atoms with Crippen molar-refractivity contribution in [3.8, 4) is 0 Å². The van der Waals surface area contributed by atoms with E-state index in [2.05, 4.69) is 15.3 Å². The molecule has 0 radical (unpaired) electrons. The summed E-state index contributed by atoms with van der Waals surface area (Å²) in [6.45, 7) is 0.916. The molecule has 0 amide bonds. The van der Waals surface area contributed by atoms with Gasteiger partial charge in [0.25, 0.3) is 5.69 Å². The van der Waals surface area contributed by atoms with Gasteiger partial charge in [-0.25, -0.2) is 10.8 Å². The van der Waals surface area contributed by atoms with Crippen LogP contribution in [0, 0.1) is 16.0 Å². The number of nitrogen functional groups attached to an aromatic ring is 1. The smallest absolute Gasteiger partial charge is 0.276 e. The molecule has 0 unspecified atom stereocenters. The van der Waals surface area contributed by atoms with Crippen LogP contribution in [0.3, 0.4) is 0 Å². The first-order valence-corrected chi connectivity index (χ1v) is 7.59. The van der Waals surface area contributed by atoms with E-state index in [1.54, 1.807) is 6.07 Å². The standard InChI is InChI=1S/C14H21N5O2/c15-17-13-8-11(19(20)21)9-14(16-13)18-7-3-5-10-4-1-2-6-12(10)18/h8-10,12H,1-7,15H2,(H,16,17)/t10-,12-/m1/s1. The van der Waals surface area contributed by atoms with Gasteiger partial charge in [-0.05, 0) is 31.6 Å². The number of hydrogen-bond acceptors (Lipinski definition) is 6. The summed E-state index contributed by atoms with van der Waals surface area (Å²) in [4.78, 5) is 17.4. The van der Waals surface area contributed by atoms with Gasteiger partial charge in [-0.15, -0.1) is 0 Å². The minimum absolute atomic E-state index is 0.0332. The van der Waals surface area contributed by atoms with Crippen LogP contribution in [0.5, 0.6) is 0 Å². The second kappa shape index (κ2) is 5.85. The number of anilines is 2. The third kappa shape index (κ3) is 2.78. The Balaban J connectivity index is 1.94. The Morgan fingerprint density at radius 3 is 2.81 bits per heavy atom. The Kier molecular flexibility index (Phi) is 3.92. The predicted octanol–water partition coefficient (Wildman–Crippen LogP) is 2.43. The van der Waals surface area contributed by atoms with Gasteiger partial charge in [0.15, 0.2) is 0 Å². The average molecular weight is 291 g/mol. The molecule has 21 heavy (non-hydrogen) atoms. The number of fused-ring (bicyclic) bond motifs is 1. The Morgan fingerprint density at radius 1 is 1.29 bits per heavy atom. The zero-order valence-corrected chi connectivity index (χ0v) is 12.0. The lowest BCUT2D eigenvalue weighted by atomic mass is 9.78. The maximum atomic E-state index is 11.1. The Labute approximate surface area is 123 Å². The summed E-state index contributed by atoms with van der Waals surface area (Å²) in [5, 5.41) is 11.1. The highest BCUT2D eigenvalue weighted by molar-refractivity contribution is 5.56. The molecule has 114 valence electrons. The maximum Gasteiger partial charge on any atom is 0.276 e. The van der Waals surface area contributed by atoms with Gasteiger partial charge >= 0.3 is 0 Å². The molecular weight excluding hydrogens is 270 g/mol. The van der Waals surface area contributed by atoms with Crippen LogP contribution >= 0.6 is 0 Å². The first-order chi connectivity index (χ1) is 10.2. The minimum atomic E-state index is -0.395. The van der Waals surface area contributed by atoms with Crippen molar-refractivity contribution in [3.63, 3.8) is 0 Å². The van der Waals surface area contributed by atoms with Gasteiger partial charge in [0.05, 0.1) is 17.1 Å². The SMILES string of the molecule is NNc1cc([N+](=O)[O-])cc(N2CCC[C@H]3CCCC[C@H]32)n1. The van der Waals surface area contributed by atoms with Gasteiger partial charge in [0.2, 0.25) is 0 Å². The van der Waals surface area contributed by atoms with Gasteiger partial charge in [0.1, 0.15) is 11.6 Å². The topological polar surface area (TPSA) is 97.3 Å². The summed E-state index contributed by atoms with van der Waals surface area (Å²) in [5.41, 5.74) is 2.46. The van der Waals surface area contributed by atoms with Crippen molar-refractivity contribution < 1.29 is 4.92 Å². The van der Waals surface area contributed by atoms with Crippen LogP contribution in [-0.2, 0) is 0 Å². The molecular formula is C14H21N5O2. The summed E-state index contributed by atoms with van der Waals surface area (Å²) in [5.74, 6) is 7.11. The van der Waals surface area contributed by atoms with E-state index < -0.39 is 4.92 Å². The molecule has 7 heteroatoms. The van der Waals surface area contributed by atoms with Crippen molar-refractivity contribution in [1.82, 2.24) is 4.98 Å². The number of nitrogens with one attached hydrogen (secondary N) is 1. The third-order valence-electron chi connectivity index (χ3n) is 4.69. The molecule has 2 aliphatic rings. The third-order valence-corrected chi connectivity index (χ3v) is 4.69. The Hall–Kier alpha value is -1.89. The van der Waals surface area contributed by atoms with Crippen LogP contribution in [0.2, 0.25) is 0 Å². The zero-order valence-electron chi connectivity index (χ0n) is 12.0. The van der Waals surface area contributed by atoms with Crippen LogP contribution in [0.1, 0.15) is 38.5 Å². The van der Waals surface area contributed by atoms with E-state index in [1.165, 1.54) is 31.7 Å². The molecule has 7 nitrogen and oxygen atoms in total. The number of nitrogens with two attached hydrogens (primary N) is 1. The normalized spacial score (nSPS) is 25.3. The number of nitrogens with zero attached hydrogens (tertiary/aromatic N) is 3. The van der Waals surface area contributed by atoms with Crippen LogP contribution in [0.4, 0.5) is 17.3 Å². The first kappa shape index (κ1) is 14.1. The molecule has 1 saturated heterocycles. The molecule has 0 aromatic carbocycles. The van der Waals surface area contributed by atoms with E-state index in [0.717, 1.165) is 19.4 Å². The van der Waals surface area contributed by atoms with Gasteiger partial charge in [-0.3, -0.25) is 10.1 Å². The van der Waals surface area contributed by atoms with Crippen LogP contribution in [0.15, 0.2) is 12.1 Å². The molecule has 2 atom stereocenters. The lowest BCUT2D eigenvalue weighted by molar-refractivity contribution is -0.384. The summed E-state index contributed by atoms with van der Waals surface area (Å²) < 4.78 is 0. The van der Waals surface area contributed by atoms with Crippen molar-refractivity contribution in [2.45, 2.75) is 44.6 Å². The fourth-order valence-corrected chi connectivity index (χ4v) is 3.74. The number of hydrogen-bond donors (Lipinski definition) is 2. The van der Waals surface area contributed by atoms with Gasteiger partial charge in [-0.1, -0.05) is 12.8 Å². The summed E-state index contributed by atoms with van der Waals surface area (Å²) in [6, 6.07) is 3.40.